The van der Waals surface area contributed by atoms with E-state index in [0.29, 0.717) is 17.2 Å². The Morgan fingerprint density at radius 3 is 2.65 bits per heavy atom. The molecule has 0 fully saturated rings. The number of fused-ring (bicyclic) bond motifs is 1. The van der Waals surface area contributed by atoms with Gasteiger partial charge in [0.25, 0.3) is 0 Å². The van der Waals surface area contributed by atoms with Crippen LogP contribution in [0.3, 0.4) is 0 Å². The van der Waals surface area contributed by atoms with Crippen LogP contribution in [0.2, 0.25) is 0 Å². The van der Waals surface area contributed by atoms with Crippen molar-refractivity contribution in [2.45, 2.75) is 33.1 Å². The molecule has 0 unspecified atom stereocenters. The van der Waals surface area contributed by atoms with Gasteiger partial charge >= 0.3 is 6.03 Å². The molecule has 3 aromatic rings. The van der Waals surface area contributed by atoms with Crippen molar-refractivity contribution < 1.29 is 13.7 Å². The van der Waals surface area contributed by atoms with Crippen LogP contribution in [0, 0.1) is 6.92 Å². The molecule has 2 amide bonds. The van der Waals surface area contributed by atoms with Crippen molar-refractivity contribution in [1.29, 1.82) is 0 Å². The number of benzene rings is 1. The molecule has 0 aliphatic carbocycles. The van der Waals surface area contributed by atoms with Crippen molar-refractivity contribution in [3.05, 3.63) is 41.8 Å². The molecule has 0 aliphatic rings. The topological polar surface area (TPSA) is 80.3 Å². The van der Waals surface area contributed by atoms with Gasteiger partial charge in [0.15, 0.2) is 5.58 Å². The van der Waals surface area contributed by atoms with Crippen LogP contribution in [-0.4, -0.2) is 11.2 Å². The van der Waals surface area contributed by atoms with Gasteiger partial charge in [-0.3, -0.25) is 5.32 Å². The smallest absolute Gasteiger partial charge is 0.326 e. The first-order chi connectivity index (χ1) is 10.8. The number of hydrogen-bond donors (Lipinski definition) is 2. The minimum Gasteiger partial charge on any atom is -0.462 e. The number of nitrogens with one attached hydrogen (secondary N) is 2. The second kappa shape index (κ2) is 5.46. The quantitative estimate of drug-likeness (QED) is 0.720. The van der Waals surface area contributed by atoms with Crippen LogP contribution in [-0.2, 0) is 5.41 Å². The monoisotopic (exact) mass is 313 g/mol. The van der Waals surface area contributed by atoms with Gasteiger partial charge < -0.3 is 14.3 Å². The van der Waals surface area contributed by atoms with Crippen molar-refractivity contribution in [2.24, 2.45) is 0 Å². The minimum atomic E-state index is -0.414. The average Bonchev–Trinajstić information content (AvgIpc) is 3.10. The first kappa shape index (κ1) is 15.1. The lowest BCUT2D eigenvalue weighted by Gasteiger charge is -2.12. The molecule has 0 atom stereocenters. The normalized spacial score (nSPS) is 11.7. The van der Waals surface area contributed by atoms with Gasteiger partial charge in [0.2, 0.25) is 5.88 Å². The molecular formula is C17H19N3O3. The van der Waals surface area contributed by atoms with Gasteiger partial charge in [0, 0.05) is 16.9 Å². The number of carbonyl (C=O) groups is 1. The average molecular weight is 313 g/mol. The zero-order chi connectivity index (χ0) is 16.6. The number of nitrogens with zero attached hydrogens (tertiary/aromatic N) is 1. The molecule has 6 heteroatoms. The summed E-state index contributed by atoms with van der Waals surface area (Å²) in [7, 11) is 0. The van der Waals surface area contributed by atoms with Crippen LogP contribution < -0.4 is 10.6 Å². The van der Waals surface area contributed by atoms with Crippen LogP contribution >= 0.6 is 0 Å². The second-order valence-corrected chi connectivity index (χ2v) is 6.50. The molecule has 0 bridgehead atoms. The zero-order valence-corrected chi connectivity index (χ0v) is 13.6. The Labute approximate surface area is 133 Å². The molecule has 0 radical (unpaired) electrons. The van der Waals surface area contributed by atoms with Crippen molar-refractivity contribution in [2.75, 3.05) is 10.6 Å². The van der Waals surface area contributed by atoms with Crippen LogP contribution in [0.1, 0.15) is 32.0 Å². The summed E-state index contributed by atoms with van der Waals surface area (Å²) < 4.78 is 10.6. The number of aromatic nitrogens is 1. The molecule has 23 heavy (non-hydrogen) atoms. The van der Waals surface area contributed by atoms with Crippen molar-refractivity contribution in [3.63, 3.8) is 0 Å². The van der Waals surface area contributed by atoms with E-state index in [-0.39, 0.29) is 5.41 Å². The molecule has 0 saturated carbocycles. The maximum atomic E-state index is 12.1. The minimum absolute atomic E-state index is 0.142. The molecular weight excluding hydrogens is 294 g/mol. The number of urea groups is 1. The summed E-state index contributed by atoms with van der Waals surface area (Å²) in [5, 5.41) is 10.3. The summed E-state index contributed by atoms with van der Waals surface area (Å²) >= 11 is 0. The molecule has 2 N–H and O–H groups in total. The van der Waals surface area contributed by atoms with Crippen molar-refractivity contribution in [1.82, 2.24) is 5.16 Å². The van der Waals surface area contributed by atoms with Crippen LogP contribution in [0.4, 0.5) is 16.4 Å². The number of carbonyl (C=O) groups excluding carboxylic acids is 1. The van der Waals surface area contributed by atoms with Crippen molar-refractivity contribution in [3.8, 4) is 0 Å². The Bertz CT molecular complexity index is 855. The predicted octanol–water partition coefficient (Wildman–Crippen LogP) is 4.67. The van der Waals surface area contributed by atoms with Crippen LogP contribution in [0.15, 0.2) is 39.5 Å². The Balaban J connectivity index is 1.75. The summed E-state index contributed by atoms with van der Waals surface area (Å²) in [5.74, 6) is 0.301. The second-order valence-electron chi connectivity index (χ2n) is 6.50. The summed E-state index contributed by atoms with van der Waals surface area (Å²) in [6.45, 7) is 8.06. The van der Waals surface area contributed by atoms with Gasteiger partial charge in [-0.1, -0.05) is 32.0 Å². The van der Waals surface area contributed by atoms with E-state index in [9.17, 15) is 4.79 Å². The molecule has 2 heterocycles. The number of hydrogen-bond acceptors (Lipinski definition) is 4. The molecule has 1 aromatic carbocycles. The molecule has 2 aromatic heterocycles. The Morgan fingerprint density at radius 1 is 1.17 bits per heavy atom. The van der Waals surface area contributed by atoms with Gasteiger partial charge in [-0.05, 0) is 24.6 Å². The Hall–Kier alpha value is -2.76. The van der Waals surface area contributed by atoms with E-state index in [4.69, 9.17) is 8.94 Å². The standard InChI is InChI=1S/C17H19N3O3/c1-10-5-6-12(15-11(10)7-8-22-15)18-16(21)19-14-9-13(20-23-14)17(2,3)4/h5-9H,1-4H3,(H2,18,19,21). The lowest BCUT2D eigenvalue weighted by Crippen LogP contribution is -2.19. The largest absolute Gasteiger partial charge is 0.462 e. The van der Waals surface area contributed by atoms with Gasteiger partial charge in [0.05, 0.1) is 17.6 Å². The fraction of sp³-hybridized carbons (Fsp3) is 0.294. The third kappa shape index (κ3) is 3.06. The highest BCUT2D eigenvalue weighted by Crippen LogP contribution is 2.28. The highest BCUT2D eigenvalue weighted by atomic mass is 16.5. The lowest BCUT2D eigenvalue weighted by molar-refractivity contribution is 0.261. The Kier molecular flexibility index (Phi) is 3.60. The molecule has 6 nitrogen and oxygen atoms in total. The van der Waals surface area contributed by atoms with E-state index in [1.54, 1.807) is 12.3 Å². The fourth-order valence-corrected chi connectivity index (χ4v) is 2.25. The van der Waals surface area contributed by atoms with Crippen molar-refractivity contribution >= 4 is 28.6 Å². The summed E-state index contributed by atoms with van der Waals surface area (Å²) in [6.07, 6.45) is 1.60. The molecule has 0 saturated heterocycles. The summed E-state index contributed by atoms with van der Waals surface area (Å²) in [4.78, 5) is 12.1. The van der Waals surface area contributed by atoms with E-state index in [1.807, 2.05) is 45.9 Å². The van der Waals surface area contributed by atoms with Gasteiger partial charge in [-0.15, -0.1) is 0 Å². The zero-order valence-electron chi connectivity index (χ0n) is 13.6. The number of amides is 2. The SMILES string of the molecule is Cc1ccc(NC(=O)Nc2cc(C(C)(C)C)no2)c2occc12. The van der Waals surface area contributed by atoms with E-state index in [2.05, 4.69) is 15.8 Å². The maximum Gasteiger partial charge on any atom is 0.326 e. The van der Waals surface area contributed by atoms with Gasteiger partial charge in [-0.25, -0.2) is 4.79 Å². The highest BCUT2D eigenvalue weighted by molar-refractivity contribution is 6.04. The van der Waals surface area contributed by atoms with Gasteiger partial charge in [0.1, 0.15) is 0 Å². The third-order valence-corrected chi connectivity index (χ3v) is 3.60. The molecule has 120 valence electrons. The number of anilines is 2. The van der Waals surface area contributed by atoms with Crippen LogP contribution in [0.5, 0.6) is 0 Å². The summed E-state index contributed by atoms with van der Waals surface area (Å²) in [6, 6.07) is 6.92. The Morgan fingerprint density at radius 2 is 1.96 bits per heavy atom. The fourth-order valence-electron chi connectivity index (χ4n) is 2.25. The van der Waals surface area contributed by atoms with E-state index in [1.165, 1.54) is 0 Å². The number of furan rings is 1. The van der Waals surface area contributed by atoms with Gasteiger partial charge in [-0.2, -0.15) is 0 Å². The lowest BCUT2D eigenvalue weighted by atomic mass is 9.92. The number of aryl methyl sites for hydroxylation is 1. The van der Waals surface area contributed by atoms with Crippen LogP contribution in [0.25, 0.3) is 11.0 Å². The van der Waals surface area contributed by atoms with E-state index >= 15 is 0 Å². The number of rotatable bonds is 2. The van der Waals surface area contributed by atoms with E-state index in [0.717, 1.165) is 16.6 Å². The predicted molar refractivity (Wildman–Crippen MR) is 88.8 cm³/mol. The molecule has 0 spiro atoms. The molecule has 3 rings (SSSR count). The third-order valence-electron chi connectivity index (χ3n) is 3.60. The first-order valence-corrected chi connectivity index (χ1v) is 7.36. The van der Waals surface area contributed by atoms with E-state index < -0.39 is 6.03 Å². The highest BCUT2D eigenvalue weighted by Gasteiger charge is 2.20. The first-order valence-electron chi connectivity index (χ1n) is 7.36. The maximum absolute atomic E-state index is 12.1. The molecule has 0 aliphatic heterocycles. The summed E-state index contributed by atoms with van der Waals surface area (Å²) in [5.41, 5.74) is 2.97.